The minimum Gasteiger partial charge on any atom is -0.357 e. The minimum atomic E-state index is -0.345. The van der Waals surface area contributed by atoms with Crippen LogP contribution in [0, 0.1) is 5.82 Å². The van der Waals surface area contributed by atoms with Gasteiger partial charge in [0.25, 0.3) is 0 Å². The van der Waals surface area contributed by atoms with Crippen LogP contribution < -0.4 is 10.2 Å². The number of nitrogens with one attached hydrogen (secondary N) is 1. The normalized spacial score (nSPS) is 20.7. The Kier molecular flexibility index (Phi) is 2.70. The smallest absolute Gasteiger partial charge is 0.224 e. The van der Waals surface area contributed by atoms with Gasteiger partial charge in [0.2, 0.25) is 5.95 Å². The number of rotatable bonds is 2. The van der Waals surface area contributed by atoms with Gasteiger partial charge in [0.05, 0.1) is 6.20 Å². The van der Waals surface area contributed by atoms with Crippen molar-refractivity contribution in [3.63, 3.8) is 0 Å². The Morgan fingerprint density at radius 1 is 1.60 bits per heavy atom. The lowest BCUT2D eigenvalue weighted by Crippen LogP contribution is -2.28. The fourth-order valence-electron chi connectivity index (χ4n) is 1.93. The van der Waals surface area contributed by atoms with Gasteiger partial charge in [-0.15, -0.1) is 0 Å². The van der Waals surface area contributed by atoms with Crippen molar-refractivity contribution < 1.29 is 4.39 Å². The molecule has 0 bridgehead atoms. The van der Waals surface area contributed by atoms with Crippen molar-refractivity contribution in [3.05, 3.63) is 12.0 Å². The van der Waals surface area contributed by atoms with Crippen molar-refractivity contribution in [2.24, 2.45) is 0 Å². The summed E-state index contributed by atoms with van der Waals surface area (Å²) in [5.41, 5.74) is 0. The molecule has 5 heteroatoms. The summed E-state index contributed by atoms with van der Waals surface area (Å²) in [6, 6.07) is 0.360. The Hall–Kier alpha value is -1.39. The molecule has 0 aromatic carbocycles. The zero-order valence-corrected chi connectivity index (χ0v) is 9.00. The number of anilines is 2. The summed E-state index contributed by atoms with van der Waals surface area (Å²) in [4.78, 5) is 9.98. The van der Waals surface area contributed by atoms with Gasteiger partial charge in [0, 0.05) is 19.6 Å². The maximum Gasteiger partial charge on any atom is 0.224 e. The quantitative estimate of drug-likeness (QED) is 0.805. The van der Waals surface area contributed by atoms with Crippen LogP contribution in [0.5, 0.6) is 0 Å². The zero-order valence-electron chi connectivity index (χ0n) is 9.00. The Morgan fingerprint density at radius 2 is 2.40 bits per heavy atom. The molecule has 2 rings (SSSR count). The van der Waals surface area contributed by atoms with E-state index in [-0.39, 0.29) is 5.82 Å². The fourth-order valence-corrected chi connectivity index (χ4v) is 1.93. The summed E-state index contributed by atoms with van der Waals surface area (Å²) in [7, 11) is 1.73. The molecule has 0 spiro atoms. The van der Waals surface area contributed by atoms with Crippen molar-refractivity contribution in [2.45, 2.75) is 25.8 Å². The van der Waals surface area contributed by atoms with Crippen molar-refractivity contribution in [2.75, 3.05) is 23.8 Å². The van der Waals surface area contributed by atoms with Crippen molar-refractivity contribution in [1.29, 1.82) is 0 Å². The number of nitrogens with zero attached hydrogens (tertiary/aromatic N) is 3. The molecule has 1 aromatic rings. The molecule has 0 amide bonds. The summed E-state index contributed by atoms with van der Waals surface area (Å²) in [6.45, 7) is 2.96. The Balaban J connectivity index is 2.33. The standard InChI is InChI=1S/C10H15FN4/c1-7-4-3-5-15(7)9-8(11)6-13-10(12-2)14-9/h6-7H,3-5H2,1-2H3,(H,12,13,14). The van der Waals surface area contributed by atoms with Crippen LogP contribution in [-0.2, 0) is 0 Å². The molecule has 1 N–H and O–H groups in total. The molecule has 0 saturated carbocycles. The molecule has 0 radical (unpaired) electrons. The summed E-state index contributed by atoms with van der Waals surface area (Å²) in [5.74, 6) is 0.535. The van der Waals surface area contributed by atoms with Crippen LogP contribution >= 0.6 is 0 Å². The van der Waals surface area contributed by atoms with Gasteiger partial charge in [0.1, 0.15) is 0 Å². The summed E-state index contributed by atoms with van der Waals surface area (Å²) >= 11 is 0. The maximum atomic E-state index is 13.5. The molecule has 1 aromatic heterocycles. The fraction of sp³-hybridized carbons (Fsp3) is 0.600. The third kappa shape index (κ3) is 1.86. The highest BCUT2D eigenvalue weighted by molar-refractivity contribution is 5.45. The Bertz CT molecular complexity index is 355. The van der Waals surface area contributed by atoms with E-state index in [1.165, 1.54) is 6.20 Å². The first-order valence-electron chi connectivity index (χ1n) is 5.19. The first-order valence-corrected chi connectivity index (χ1v) is 5.19. The highest BCUT2D eigenvalue weighted by atomic mass is 19.1. The molecule has 15 heavy (non-hydrogen) atoms. The van der Waals surface area contributed by atoms with Gasteiger partial charge in [-0.1, -0.05) is 0 Å². The molecule has 2 heterocycles. The molecular weight excluding hydrogens is 195 g/mol. The predicted octanol–water partition coefficient (Wildman–Crippen LogP) is 1.65. The van der Waals surface area contributed by atoms with Crippen molar-refractivity contribution in [3.8, 4) is 0 Å². The number of hydrogen-bond donors (Lipinski definition) is 1. The first kappa shape index (κ1) is 10.1. The molecule has 1 unspecified atom stereocenters. The average Bonchev–Trinajstić information content (AvgIpc) is 2.65. The summed E-state index contributed by atoms with van der Waals surface area (Å²) in [5, 5.41) is 2.82. The highest BCUT2D eigenvalue weighted by Crippen LogP contribution is 2.26. The van der Waals surface area contributed by atoms with Crippen LogP contribution in [0.2, 0.25) is 0 Å². The molecule has 4 nitrogen and oxygen atoms in total. The maximum absolute atomic E-state index is 13.5. The lowest BCUT2D eigenvalue weighted by atomic mass is 10.2. The Morgan fingerprint density at radius 3 is 3.00 bits per heavy atom. The van der Waals surface area contributed by atoms with Gasteiger partial charge in [0.15, 0.2) is 11.6 Å². The van der Waals surface area contributed by atoms with Gasteiger partial charge < -0.3 is 10.2 Å². The van der Waals surface area contributed by atoms with E-state index in [9.17, 15) is 4.39 Å². The van der Waals surface area contributed by atoms with Gasteiger partial charge in [-0.3, -0.25) is 0 Å². The van der Waals surface area contributed by atoms with Crippen molar-refractivity contribution >= 4 is 11.8 Å². The second-order valence-corrected chi connectivity index (χ2v) is 3.80. The largest absolute Gasteiger partial charge is 0.357 e. The highest BCUT2D eigenvalue weighted by Gasteiger charge is 2.24. The van der Waals surface area contributed by atoms with E-state index in [1.54, 1.807) is 7.05 Å². The molecule has 1 atom stereocenters. The van der Waals surface area contributed by atoms with E-state index in [2.05, 4.69) is 22.2 Å². The lowest BCUT2D eigenvalue weighted by molar-refractivity contribution is 0.598. The van der Waals surface area contributed by atoms with Crippen LogP contribution in [0.25, 0.3) is 0 Å². The Labute approximate surface area is 88.5 Å². The SMILES string of the molecule is CNc1ncc(F)c(N2CCCC2C)n1. The predicted molar refractivity (Wildman–Crippen MR) is 57.6 cm³/mol. The van der Waals surface area contributed by atoms with Gasteiger partial charge in [-0.25, -0.2) is 9.37 Å². The van der Waals surface area contributed by atoms with E-state index in [1.807, 2.05) is 4.90 Å². The van der Waals surface area contributed by atoms with E-state index in [0.29, 0.717) is 17.8 Å². The molecule has 1 fully saturated rings. The summed E-state index contributed by atoms with van der Waals surface area (Å²) in [6.07, 6.45) is 3.41. The molecule has 82 valence electrons. The molecule has 1 aliphatic rings. The summed E-state index contributed by atoms with van der Waals surface area (Å²) < 4.78 is 13.5. The average molecular weight is 210 g/mol. The molecule has 1 saturated heterocycles. The van der Waals surface area contributed by atoms with Crippen LogP contribution in [0.4, 0.5) is 16.2 Å². The minimum absolute atomic E-state index is 0.345. The monoisotopic (exact) mass is 210 g/mol. The van der Waals surface area contributed by atoms with Gasteiger partial charge in [-0.2, -0.15) is 4.98 Å². The van der Waals surface area contributed by atoms with E-state index < -0.39 is 0 Å². The lowest BCUT2D eigenvalue weighted by Gasteiger charge is -2.22. The van der Waals surface area contributed by atoms with Crippen LogP contribution in [0.3, 0.4) is 0 Å². The topological polar surface area (TPSA) is 41.1 Å². The number of halogens is 1. The second-order valence-electron chi connectivity index (χ2n) is 3.80. The number of hydrogen-bond acceptors (Lipinski definition) is 4. The number of aromatic nitrogens is 2. The first-order chi connectivity index (χ1) is 7.22. The van der Waals surface area contributed by atoms with Crippen molar-refractivity contribution in [1.82, 2.24) is 9.97 Å². The van der Waals surface area contributed by atoms with E-state index >= 15 is 0 Å². The zero-order chi connectivity index (χ0) is 10.8. The molecule has 1 aliphatic heterocycles. The van der Waals surface area contributed by atoms with Gasteiger partial charge in [-0.05, 0) is 19.8 Å². The van der Waals surface area contributed by atoms with E-state index in [0.717, 1.165) is 19.4 Å². The third-order valence-electron chi connectivity index (χ3n) is 2.77. The van der Waals surface area contributed by atoms with Crippen LogP contribution in [0.1, 0.15) is 19.8 Å². The molecular formula is C10H15FN4. The van der Waals surface area contributed by atoms with E-state index in [4.69, 9.17) is 0 Å². The van der Waals surface area contributed by atoms with Crippen LogP contribution in [-0.4, -0.2) is 29.6 Å². The third-order valence-corrected chi connectivity index (χ3v) is 2.77. The van der Waals surface area contributed by atoms with Crippen LogP contribution in [0.15, 0.2) is 6.20 Å². The van der Waals surface area contributed by atoms with Gasteiger partial charge >= 0.3 is 0 Å². The molecule has 0 aliphatic carbocycles. The second kappa shape index (κ2) is 4.00.